The predicted molar refractivity (Wildman–Crippen MR) is 115 cm³/mol. The molecule has 2 N–H and O–H groups in total. The molecule has 1 aromatic heterocycles. The average molecular weight is 428 g/mol. The molecule has 1 heterocycles. The van der Waals surface area contributed by atoms with Gasteiger partial charge in [-0.25, -0.2) is 18.2 Å². The third-order valence-electron chi connectivity index (χ3n) is 4.51. The maximum Gasteiger partial charge on any atom is 0.319 e. The molecule has 0 saturated carbocycles. The maximum absolute atomic E-state index is 12.8. The van der Waals surface area contributed by atoms with Gasteiger partial charge in [0.2, 0.25) is 10.0 Å². The van der Waals surface area contributed by atoms with Gasteiger partial charge in [0.1, 0.15) is 0 Å². The predicted octanol–water partition coefficient (Wildman–Crippen LogP) is 2.92. The van der Waals surface area contributed by atoms with Gasteiger partial charge in [-0.3, -0.25) is 0 Å². The van der Waals surface area contributed by atoms with Crippen LogP contribution in [0.1, 0.15) is 12.0 Å². The number of rotatable bonds is 9. The van der Waals surface area contributed by atoms with Gasteiger partial charge in [-0.05, 0) is 36.2 Å². The Morgan fingerprint density at radius 3 is 2.50 bits per heavy atom. The van der Waals surface area contributed by atoms with Gasteiger partial charge in [0, 0.05) is 44.8 Å². The van der Waals surface area contributed by atoms with Crippen LogP contribution < -0.4 is 10.6 Å². The Kier molecular flexibility index (Phi) is 7.21. The highest BCUT2D eigenvalue weighted by atomic mass is 32.2. The van der Waals surface area contributed by atoms with Crippen molar-refractivity contribution in [2.45, 2.75) is 24.4 Å². The molecule has 0 aliphatic heterocycles. The van der Waals surface area contributed by atoms with Crippen molar-refractivity contribution in [1.82, 2.24) is 19.2 Å². The summed E-state index contributed by atoms with van der Waals surface area (Å²) in [5.41, 5.74) is 1.43. The van der Waals surface area contributed by atoms with Crippen molar-refractivity contribution in [1.29, 1.82) is 0 Å². The summed E-state index contributed by atoms with van der Waals surface area (Å²) in [5, 5.41) is 5.48. The molecule has 0 spiro atoms. The molecular weight excluding hydrogens is 402 g/mol. The molecule has 0 atom stereocenters. The van der Waals surface area contributed by atoms with Gasteiger partial charge in [0.25, 0.3) is 0 Å². The van der Waals surface area contributed by atoms with Crippen LogP contribution in [0.4, 0.5) is 10.5 Å². The van der Waals surface area contributed by atoms with Crippen LogP contribution in [0.25, 0.3) is 0 Å². The summed E-state index contributed by atoms with van der Waals surface area (Å²) in [6.45, 7) is 1.56. The van der Waals surface area contributed by atoms with E-state index in [4.69, 9.17) is 0 Å². The molecule has 0 saturated heterocycles. The first-order chi connectivity index (χ1) is 14.4. The van der Waals surface area contributed by atoms with Crippen LogP contribution in [0.15, 0.2) is 78.2 Å². The van der Waals surface area contributed by atoms with Crippen LogP contribution in [0.3, 0.4) is 0 Å². The smallest absolute Gasteiger partial charge is 0.319 e. The summed E-state index contributed by atoms with van der Waals surface area (Å²) in [7, 11) is -2.08. The Morgan fingerprint density at radius 1 is 1.10 bits per heavy atom. The zero-order valence-electron chi connectivity index (χ0n) is 16.7. The SMILES string of the molecule is CN(Cc1ccccc1)S(=O)(=O)c1ccc(NC(=O)NCCCn2ccnc2)cc1. The topological polar surface area (TPSA) is 96.3 Å². The summed E-state index contributed by atoms with van der Waals surface area (Å²) in [6.07, 6.45) is 6.08. The van der Waals surface area contributed by atoms with E-state index < -0.39 is 10.0 Å². The zero-order valence-corrected chi connectivity index (χ0v) is 17.5. The highest BCUT2D eigenvalue weighted by molar-refractivity contribution is 7.89. The van der Waals surface area contributed by atoms with Gasteiger partial charge in [-0.2, -0.15) is 4.31 Å². The van der Waals surface area contributed by atoms with E-state index in [2.05, 4.69) is 15.6 Å². The van der Waals surface area contributed by atoms with E-state index in [-0.39, 0.29) is 17.5 Å². The van der Waals surface area contributed by atoms with Crippen LogP contribution in [-0.4, -0.2) is 41.9 Å². The number of benzene rings is 2. The van der Waals surface area contributed by atoms with Crippen molar-refractivity contribution >= 4 is 21.7 Å². The van der Waals surface area contributed by atoms with Gasteiger partial charge in [0.05, 0.1) is 11.2 Å². The number of nitrogens with one attached hydrogen (secondary N) is 2. The number of hydrogen-bond acceptors (Lipinski definition) is 4. The molecule has 2 aromatic carbocycles. The number of nitrogens with zero attached hydrogens (tertiary/aromatic N) is 3. The fourth-order valence-corrected chi connectivity index (χ4v) is 4.03. The van der Waals surface area contributed by atoms with Gasteiger partial charge in [-0.1, -0.05) is 30.3 Å². The van der Waals surface area contributed by atoms with Crippen molar-refractivity contribution in [3.8, 4) is 0 Å². The standard InChI is InChI=1S/C21H25N5O3S/c1-25(16-18-6-3-2-4-7-18)30(28,29)20-10-8-19(9-11-20)24-21(27)23-12-5-14-26-15-13-22-17-26/h2-4,6-11,13,15,17H,5,12,14,16H2,1H3,(H2,23,24,27). The molecule has 8 nitrogen and oxygen atoms in total. The number of anilines is 1. The molecule has 0 fully saturated rings. The molecule has 30 heavy (non-hydrogen) atoms. The van der Waals surface area contributed by atoms with Crippen molar-refractivity contribution in [2.24, 2.45) is 0 Å². The quantitative estimate of drug-likeness (QED) is 0.513. The number of aryl methyl sites for hydroxylation is 1. The summed E-state index contributed by atoms with van der Waals surface area (Å²) in [6, 6.07) is 15.2. The van der Waals surface area contributed by atoms with E-state index in [9.17, 15) is 13.2 Å². The first-order valence-corrected chi connectivity index (χ1v) is 11.0. The summed E-state index contributed by atoms with van der Waals surface area (Å²) in [4.78, 5) is 16.1. The van der Waals surface area contributed by atoms with E-state index >= 15 is 0 Å². The van der Waals surface area contributed by atoms with Crippen LogP contribution in [0, 0.1) is 0 Å². The lowest BCUT2D eigenvalue weighted by atomic mass is 10.2. The number of amides is 2. The van der Waals surface area contributed by atoms with Crippen LogP contribution in [-0.2, 0) is 23.1 Å². The molecular formula is C21H25N5O3S. The Hall–Kier alpha value is -3.17. The Labute approximate surface area is 176 Å². The summed E-state index contributed by atoms with van der Waals surface area (Å²) < 4.78 is 28.8. The number of urea groups is 1. The fourth-order valence-electron chi connectivity index (χ4n) is 2.87. The lowest BCUT2D eigenvalue weighted by molar-refractivity contribution is 0.252. The molecule has 2 amide bonds. The highest BCUT2D eigenvalue weighted by Crippen LogP contribution is 2.19. The van der Waals surface area contributed by atoms with Gasteiger partial charge >= 0.3 is 6.03 Å². The normalized spacial score (nSPS) is 11.4. The summed E-state index contributed by atoms with van der Waals surface area (Å²) in [5.74, 6) is 0. The minimum Gasteiger partial charge on any atom is -0.338 e. The number of carbonyl (C=O) groups excluding carboxylic acids is 1. The molecule has 3 rings (SSSR count). The van der Waals surface area contributed by atoms with Crippen molar-refractivity contribution < 1.29 is 13.2 Å². The van der Waals surface area contributed by atoms with Crippen LogP contribution >= 0.6 is 0 Å². The zero-order chi connectivity index (χ0) is 21.4. The molecule has 0 bridgehead atoms. The molecule has 0 aliphatic rings. The average Bonchev–Trinajstić information content (AvgIpc) is 3.26. The third-order valence-corrected chi connectivity index (χ3v) is 6.32. The number of aromatic nitrogens is 2. The van der Waals surface area contributed by atoms with Gasteiger partial charge in [0.15, 0.2) is 0 Å². The van der Waals surface area contributed by atoms with Crippen LogP contribution in [0.2, 0.25) is 0 Å². The number of hydrogen-bond donors (Lipinski definition) is 2. The Bertz CT molecular complexity index is 1040. The van der Waals surface area contributed by atoms with Gasteiger partial charge < -0.3 is 15.2 Å². The monoisotopic (exact) mass is 427 g/mol. The molecule has 158 valence electrons. The second-order valence-corrected chi connectivity index (χ2v) is 8.85. The van der Waals surface area contributed by atoms with E-state index in [1.807, 2.05) is 41.1 Å². The van der Waals surface area contributed by atoms with Crippen molar-refractivity contribution in [3.05, 3.63) is 78.9 Å². The number of carbonyl (C=O) groups is 1. The third kappa shape index (κ3) is 5.91. The molecule has 9 heteroatoms. The number of sulfonamides is 1. The van der Waals surface area contributed by atoms with Crippen LogP contribution in [0.5, 0.6) is 0 Å². The number of imidazole rings is 1. The molecule has 0 aliphatic carbocycles. The molecule has 0 unspecified atom stereocenters. The second-order valence-electron chi connectivity index (χ2n) is 6.81. The van der Waals surface area contributed by atoms with E-state index in [0.29, 0.717) is 12.2 Å². The summed E-state index contributed by atoms with van der Waals surface area (Å²) >= 11 is 0. The lowest BCUT2D eigenvalue weighted by Gasteiger charge is -2.17. The van der Waals surface area contributed by atoms with E-state index in [1.54, 1.807) is 31.7 Å². The highest BCUT2D eigenvalue weighted by Gasteiger charge is 2.20. The molecule has 0 radical (unpaired) electrons. The van der Waals surface area contributed by atoms with Gasteiger partial charge in [-0.15, -0.1) is 0 Å². The Balaban J connectivity index is 1.50. The fraction of sp³-hybridized carbons (Fsp3) is 0.238. The van der Waals surface area contributed by atoms with Crippen molar-refractivity contribution in [3.63, 3.8) is 0 Å². The lowest BCUT2D eigenvalue weighted by Crippen LogP contribution is -2.30. The minimum absolute atomic E-state index is 0.173. The van der Waals surface area contributed by atoms with Crippen molar-refractivity contribution in [2.75, 3.05) is 18.9 Å². The minimum atomic E-state index is -3.62. The maximum atomic E-state index is 12.8. The van der Waals surface area contributed by atoms with E-state index in [1.165, 1.54) is 16.4 Å². The first kappa shape index (κ1) is 21.5. The second kappa shape index (κ2) is 10.0. The molecule has 3 aromatic rings. The first-order valence-electron chi connectivity index (χ1n) is 9.56. The van der Waals surface area contributed by atoms with E-state index in [0.717, 1.165) is 18.5 Å². The Morgan fingerprint density at radius 2 is 1.83 bits per heavy atom. The largest absolute Gasteiger partial charge is 0.338 e.